The molecule has 0 saturated carbocycles. The summed E-state index contributed by atoms with van der Waals surface area (Å²) in [6.07, 6.45) is -4.63. The van der Waals surface area contributed by atoms with Gasteiger partial charge in [-0.2, -0.15) is 17.5 Å². The van der Waals surface area contributed by atoms with Crippen LogP contribution in [0.4, 0.5) is 13.2 Å². The van der Waals surface area contributed by atoms with Gasteiger partial charge in [-0.1, -0.05) is 12.1 Å². The molecule has 1 heterocycles. The molecule has 0 spiro atoms. The summed E-state index contributed by atoms with van der Waals surface area (Å²) in [5, 5.41) is 0. The Morgan fingerprint density at radius 3 is 2.30 bits per heavy atom. The molecule has 0 bridgehead atoms. The van der Waals surface area contributed by atoms with Crippen molar-refractivity contribution in [2.75, 3.05) is 33.3 Å². The Bertz CT molecular complexity index is 1050. The fourth-order valence-corrected chi connectivity index (χ4v) is 4.72. The van der Waals surface area contributed by atoms with Gasteiger partial charge >= 0.3 is 6.18 Å². The monoisotopic (exact) mass is 442 g/mol. The van der Waals surface area contributed by atoms with Gasteiger partial charge in [-0.3, -0.25) is 4.79 Å². The van der Waals surface area contributed by atoms with Crippen molar-refractivity contribution < 1.29 is 31.1 Å². The molecule has 1 saturated heterocycles. The van der Waals surface area contributed by atoms with E-state index in [9.17, 15) is 26.4 Å². The van der Waals surface area contributed by atoms with E-state index in [1.165, 1.54) is 12.0 Å². The molecular weight excluding hydrogens is 421 g/mol. The van der Waals surface area contributed by atoms with Gasteiger partial charge in [0, 0.05) is 31.7 Å². The second-order valence-corrected chi connectivity index (χ2v) is 8.84. The fourth-order valence-electron chi connectivity index (χ4n) is 3.25. The van der Waals surface area contributed by atoms with E-state index in [-0.39, 0.29) is 32.1 Å². The van der Waals surface area contributed by atoms with Crippen molar-refractivity contribution in [1.82, 2.24) is 9.21 Å². The smallest absolute Gasteiger partial charge is 0.416 e. The van der Waals surface area contributed by atoms with Gasteiger partial charge in [-0.25, -0.2) is 8.42 Å². The highest BCUT2D eigenvalue weighted by Crippen LogP contribution is 2.31. The zero-order chi connectivity index (χ0) is 22.1. The number of benzene rings is 2. The molecule has 6 nitrogen and oxygen atoms in total. The summed E-state index contributed by atoms with van der Waals surface area (Å²) in [6.45, 7) is 2.10. The molecule has 0 radical (unpaired) electrons. The predicted octanol–water partition coefficient (Wildman–Crippen LogP) is 3.17. The van der Waals surface area contributed by atoms with Crippen LogP contribution in [0.15, 0.2) is 47.4 Å². The topological polar surface area (TPSA) is 66.9 Å². The predicted molar refractivity (Wildman–Crippen MR) is 104 cm³/mol. The van der Waals surface area contributed by atoms with Gasteiger partial charge in [-0.05, 0) is 42.8 Å². The Balaban J connectivity index is 1.73. The molecule has 0 unspecified atom stereocenters. The molecule has 1 aliphatic heterocycles. The Morgan fingerprint density at radius 1 is 1.03 bits per heavy atom. The van der Waals surface area contributed by atoms with E-state index in [0.29, 0.717) is 17.4 Å². The highest BCUT2D eigenvalue weighted by atomic mass is 32.2. The van der Waals surface area contributed by atoms with Crippen molar-refractivity contribution in [1.29, 1.82) is 0 Å². The van der Waals surface area contributed by atoms with Gasteiger partial charge in [0.15, 0.2) is 0 Å². The average molecular weight is 442 g/mol. The van der Waals surface area contributed by atoms with E-state index < -0.39 is 26.7 Å². The third-order valence-electron chi connectivity index (χ3n) is 4.98. The molecule has 3 rings (SSSR count). The molecule has 162 valence electrons. The van der Waals surface area contributed by atoms with Crippen LogP contribution in [0.5, 0.6) is 5.75 Å². The molecule has 2 aromatic carbocycles. The van der Waals surface area contributed by atoms with Gasteiger partial charge in [0.2, 0.25) is 10.0 Å². The van der Waals surface area contributed by atoms with Crippen molar-refractivity contribution in [3.05, 3.63) is 59.2 Å². The van der Waals surface area contributed by atoms with E-state index in [1.54, 1.807) is 18.2 Å². The lowest BCUT2D eigenvalue weighted by Crippen LogP contribution is -2.50. The number of ether oxygens (including phenoxy) is 1. The van der Waals surface area contributed by atoms with E-state index in [0.717, 1.165) is 28.1 Å². The zero-order valence-electron chi connectivity index (χ0n) is 16.4. The zero-order valence-corrected chi connectivity index (χ0v) is 17.3. The van der Waals surface area contributed by atoms with Crippen LogP contribution in [-0.4, -0.2) is 56.8 Å². The Morgan fingerprint density at radius 2 is 1.70 bits per heavy atom. The number of alkyl halides is 3. The molecule has 0 aromatic heterocycles. The van der Waals surface area contributed by atoms with Crippen LogP contribution in [0.3, 0.4) is 0 Å². The normalized spacial score (nSPS) is 15.8. The lowest BCUT2D eigenvalue weighted by molar-refractivity contribution is -0.137. The summed E-state index contributed by atoms with van der Waals surface area (Å²) in [5.41, 5.74) is 0.281. The summed E-state index contributed by atoms with van der Waals surface area (Å²) in [5.74, 6) is 0.316. The second kappa shape index (κ2) is 8.27. The van der Waals surface area contributed by atoms with Crippen LogP contribution in [-0.2, 0) is 16.2 Å². The first-order chi connectivity index (χ1) is 14.0. The lowest BCUT2D eigenvalue weighted by Gasteiger charge is -2.34. The minimum atomic E-state index is -4.63. The van der Waals surface area contributed by atoms with Crippen LogP contribution >= 0.6 is 0 Å². The molecule has 1 amide bonds. The third kappa shape index (κ3) is 4.44. The van der Waals surface area contributed by atoms with Crippen LogP contribution in [0.2, 0.25) is 0 Å². The maximum absolute atomic E-state index is 12.9. The highest BCUT2D eigenvalue weighted by molar-refractivity contribution is 7.89. The number of hydrogen-bond donors (Lipinski definition) is 0. The minimum Gasteiger partial charge on any atom is -0.496 e. The van der Waals surface area contributed by atoms with Crippen molar-refractivity contribution in [3.8, 4) is 5.75 Å². The molecule has 10 heteroatoms. The number of rotatable bonds is 4. The Labute approximate surface area is 172 Å². The largest absolute Gasteiger partial charge is 0.496 e. The lowest BCUT2D eigenvalue weighted by atomic mass is 10.1. The molecule has 1 fully saturated rings. The van der Waals surface area contributed by atoms with Crippen molar-refractivity contribution in [2.24, 2.45) is 0 Å². The molecule has 0 aliphatic carbocycles. The number of methoxy groups -OCH3 is 1. The summed E-state index contributed by atoms with van der Waals surface area (Å²) in [6, 6.07) is 8.73. The Kier molecular flexibility index (Phi) is 6.09. The SMILES string of the molecule is COc1cc(C(=O)N2CCN(S(=O)(=O)c3cccc(C(F)(F)F)c3)CC2)ccc1C. The van der Waals surface area contributed by atoms with Gasteiger partial charge in [-0.15, -0.1) is 0 Å². The number of carbonyl (C=O) groups excluding carboxylic acids is 1. The maximum atomic E-state index is 12.9. The molecular formula is C20H21F3N2O4S. The van der Waals surface area contributed by atoms with E-state index in [2.05, 4.69) is 0 Å². The van der Waals surface area contributed by atoms with Gasteiger partial charge in [0.25, 0.3) is 5.91 Å². The summed E-state index contributed by atoms with van der Waals surface area (Å²) < 4.78 is 70.6. The summed E-state index contributed by atoms with van der Waals surface area (Å²) in [4.78, 5) is 13.8. The van der Waals surface area contributed by atoms with Crippen molar-refractivity contribution in [3.63, 3.8) is 0 Å². The summed E-state index contributed by atoms with van der Waals surface area (Å²) >= 11 is 0. The standard InChI is InChI=1S/C20H21F3N2O4S/c1-14-6-7-15(12-18(14)29-2)19(26)24-8-10-25(11-9-24)30(27,28)17-5-3-4-16(13-17)20(21,22)23/h3-7,12-13H,8-11H2,1-2H3. The van der Waals surface area contributed by atoms with Crippen LogP contribution in [0, 0.1) is 6.92 Å². The van der Waals surface area contributed by atoms with Gasteiger partial charge in [0.1, 0.15) is 5.75 Å². The number of piperazine rings is 1. The van der Waals surface area contributed by atoms with E-state index in [1.807, 2.05) is 6.92 Å². The average Bonchev–Trinajstić information content (AvgIpc) is 2.73. The number of aryl methyl sites for hydroxylation is 1. The van der Waals surface area contributed by atoms with Crippen LogP contribution in [0.25, 0.3) is 0 Å². The van der Waals surface area contributed by atoms with Crippen molar-refractivity contribution in [2.45, 2.75) is 18.0 Å². The number of carbonyl (C=O) groups is 1. The Hall–Kier alpha value is -2.59. The van der Waals surface area contributed by atoms with Gasteiger partial charge in [0.05, 0.1) is 17.6 Å². The molecule has 1 aliphatic rings. The van der Waals surface area contributed by atoms with E-state index in [4.69, 9.17) is 4.74 Å². The second-order valence-electron chi connectivity index (χ2n) is 6.91. The molecule has 30 heavy (non-hydrogen) atoms. The first-order valence-corrected chi connectivity index (χ1v) is 10.6. The molecule has 0 N–H and O–H groups in total. The number of halogens is 3. The summed E-state index contributed by atoms with van der Waals surface area (Å²) in [7, 11) is -2.59. The third-order valence-corrected chi connectivity index (χ3v) is 6.87. The van der Waals surface area contributed by atoms with Crippen LogP contribution < -0.4 is 4.74 Å². The minimum absolute atomic E-state index is 0.00663. The quantitative estimate of drug-likeness (QED) is 0.730. The first kappa shape index (κ1) is 22.1. The number of amides is 1. The van der Waals surface area contributed by atoms with Crippen LogP contribution in [0.1, 0.15) is 21.5 Å². The highest BCUT2D eigenvalue weighted by Gasteiger charge is 2.34. The first-order valence-electron chi connectivity index (χ1n) is 9.15. The molecule has 0 atom stereocenters. The van der Waals surface area contributed by atoms with E-state index >= 15 is 0 Å². The number of sulfonamides is 1. The molecule has 2 aromatic rings. The number of hydrogen-bond acceptors (Lipinski definition) is 4. The maximum Gasteiger partial charge on any atom is 0.416 e. The fraction of sp³-hybridized carbons (Fsp3) is 0.350. The van der Waals surface area contributed by atoms with Crippen molar-refractivity contribution >= 4 is 15.9 Å². The number of nitrogens with zero attached hydrogens (tertiary/aromatic N) is 2. The van der Waals surface area contributed by atoms with Gasteiger partial charge < -0.3 is 9.64 Å².